The number of nitrogens with zero attached hydrogens (tertiary/aromatic N) is 2. The average Bonchev–Trinajstić information content (AvgIpc) is 3.55. The Kier molecular flexibility index (Phi) is 8.20. The van der Waals surface area contributed by atoms with Gasteiger partial charge in [0.25, 0.3) is 0 Å². The van der Waals surface area contributed by atoms with Gasteiger partial charge < -0.3 is 0 Å². The zero-order valence-electron chi connectivity index (χ0n) is 33.0. The lowest BCUT2D eigenvalue weighted by atomic mass is 9.77. The molecule has 0 bridgehead atoms. The summed E-state index contributed by atoms with van der Waals surface area (Å²) in [6.07, 6.45) is 0. The van der Waals surface area contributed by atoms with E-state index in [1.807, 2.05) is 6.07 Å². The van der Waals surface area contributed by atoms with Crippen molar-refractivity contribution < 1.29 is 0 Å². The molecule has 2 nitrogen and oxygen atoms in total. The molecule has 10 aromatic rings. The van der Waals surface area contributed by atoms with Crippen LogP contribution in [0, 0.1) is 0 Å². The number of hydrogen-bond acceptors (Lipinski definition) is 2. The van der Waals surface area contributed by atoms with Gasteiger partial charge >= 0.3 is 0 Å². The molecule has 0 aliphatic heterocycles. The van der Waals surface area contributed by atoms with Gasteiger partial charge in [0.15, 0.2) is 5.82 Å². The monoisotopic (exact) mass is 752 g/mol. The first kappa shape index (κ1) is 34.8. The molecule has 0 unspecified atom stereocenters. The van der Waals surface area contributed by atoms with E-state index in [-0.39, 0.29) is 5.41 Å². The Morgan fingerprint density at radius 2 is 0.797 bits per heavy atom. The fraction of sp³-hybridized carbons (Fsp3) is 0.0526. The summed E-state index contributed by atoms with van der Waals surface area (Å²) in [4.78, 5) is 10.6. The lowest BCUT2D eigenvalue weighted by Crippen LogP contribution is -2.16. The van der Waals surface area contributed by atoms with E-state index in [2.05, 4.69) is 214 Å². The lowest BCUT2D eigenvalue weighted by Gasteiger charge is -2.26. The van der Waals surface area contributed by atoms with Crippen molar-refractivity contribution in [3.63, 3.8) is 0 Å². The maximum absolute atomic E-state index is 5.31. The van der Waals surface area contributed by atoms with E-state index < -0.39 is 0 Å². The molecule has 0 spiro atoms. The van der Waals surface area contributed by atoms with Crippen molar-refractivity contribution in [3.8, 4) is 78.4 Å². The third-order valence-electron chi connectivity index (χ3n) is 12.2. The second-order valence-electron chi connectivity index (χ2n) is 16.1. The van der Waals surface area contributed by atoms with Crippen molar-refractivity contribution in [2.24, 2.45) is 0 Å². The highest BCUT2D eigenvalue weighted by atomic mass is 14.9. The van der Waals surface area contributed by atoms with Crippen LogP contribution in [0.15, 0.2) is 206 Å². The minimum Gasteiger partial charge on any atom is -0.228 e. The topological polar surface area (TPSA) is 25.8 Å². The standard InChI is InChI=1S/C57H40N2/c1-57(2)54-45-25-10-9-18-38(45)30-31-50(54)49-29-15-28-46(55(49)57)42-23-14-22-41(35-42)44-32-33-51(48-27-12-11-26-47(44)48)56-58-52(39-19-7-4-8-20-39)36-53(59-56)43-24-13-21-40(34-43)37-16-5-3-6-17-37/h3-36H,1-2H3. The summed E-state index contributed by atoms with van der Waals surface area (Å²) in [5, 5.41) is 4.91. The van der Waals surface area contributed by atoms with Crippen LogP contribution in [0.1, 0.15) is 25.0 Å². The summed E-state index contributed by atoms with van der Waals surface area (Å²) in [6.45, 7) is 4.79. The van der Waals surface area contributed by atoms with Gasteiger partial charge in [-0.25, -0.2) is 9.97 Å². The Bertz CT molecular complexity index is 3230. The molecule has 1 aliphatic carbocycles. The molecule has 59 heavy (non-hydrogen) atoms. The van der Waals surface area contributed by atoms with Crippen LogP contribution < -0.4 is 0 Å². The Morgan fingerprint density at radius 3 is 1.56 bits per heavy atom. The predicted octanol–water partition coefficient (Wildman–Crippen LogP) is 15.1. The fourth-order valence-electron chi connectivity index (χ4n) is 9.55. The van der Waals surface area contributed by atoms with Gasteiger partial charge in [0.2, 0.25) is 0 Å². The molecule has 11 rings (SSSR count). The summed E-state index contributed by atoms with van der Waals surface area (Å²) in [5.74, 6) is 0.706. The molecule has 1 heterocycles. The first-order valence-corrected chi connectivity index (χ1v) is 20.4. The maximum Gasteiger partial charge on any atom is 0.161 e. The van der Waals surface area contributed by atoms with Crippen molar-refractivity contribution in [2.45, 2.75) is 19.3 Å². The van der Waals surface area contributed by atoms with Crippen LogP contribution in [-0.2, 0) is 5.41 Å². The first-order chi connectivity index (χ1) is 29.0. The van der Waals surface area contributed by atoms with Gasteiger partial charge in [-0.3, -0.25) is 0 Å². The zero-order chi connectivity index (χ0) is 39.5. The molecule has 0 saturated carbocycles. The lowest BCUT2D eigenvalue weighted by molar-refractivity contribution is 0.668. The van der Waals surface area contributed by atoms with Crippen LogP contribution in [0.3, 0.4) is 0 Å². The quantitative estimate of drug-likeness (QED) is 0.169. The summed E-state index contributed by atoms with van der Waals surface area (Å²) in [7, 11) is 0. The summed E-state index contributed by atoms with van der Waals surface area (Å²) in [5.41, 5.74) is 17.4. The van der Waals surface area contributed by atoms with E-state index in [9.17, 15) is 0 Å². The van der Waals surface area contributed by atoms with Crippen LogP contribution in [-0.4, -0.2) is 9.97 Å². The van der Waals surface area contributed by atoms with Crippen molar-refractivity contribution in [1.29, 1.82) is 0 Å². The van der Waals surface area contributed by atoms with Crippen LogP contribution in [0.4, 0.5) is 0 Å². The van der Waals surface area contributed by atoms with Gasteiger partial charge in [-0.05, 0) is 101 Å². The second kappa shape index (κ2) is 13.9. The molecule has 0 N–H and O–H groups in total. The normalized spacial score (nSPS) is 12.7. The summed E-state index contributed by atoms with van der Waals surface area (Å²) in [6, 6.07) is 74.2. The SMILES string of the molecule is CC1(C)c2c(-c3cccc(-c4ccc(-c5nc(-c6ccccc6)cc(-c6cccc(-c7ccccc7)c6)n5)c5ccccc45)c3)cccc2-c2ccc3ccccc3c21. The first-order valence-electron chi connectivity index (χ1n) is 20.4. The highest BCUT2D eigenvalue weighted by Crippen LogP contribution is 2.54. The van der Waals surface area contributed by atoms with Gasteiger partial charge in [0.05, 0.1) is 11.4 Å². The largest absolute Gasteiger partial charge is 0.228 e. The summed E-state index contributed by atoms with van der Waals surface area (Å²) < 4.78 is 0. The minimum atomic E-state index is -0.164. The van der Waals surface area contributed by atoms with Gasteiger partial charge in [0.1, 0.15) is 0 Å². The highest BCUT2D eigenvalue weighted by Gasteiger charge is 2.38. The van der Waals surface area contributed by atoms with Gasteiger partial charge in [0, 0.05) is 22.1 Å². The third kappa shape index (κ3) is 5.87. The molecule has 1 aliphatic rings. The van der Waals surface area contributed by atoms with E-state index in [1.54, 1.807) is 0 Å². The second-order valence-corrected chi connectivity index (χ2v) is 16.1. The zero-order valence-corrected chi connectivity index (χ0v) is 33.0. The molecule has 0 amide bonds. The van der Waals surface area contributed by atoms with Crippen LogP contribution in [0.25, 0.3) is 100.0 Å². The Balaban J connectivity index is 1.03. The number of benzene rings is 9. The van der Waals surface area contributed by atoms with Crippen molar-refractivity contribution in [2.75, 3.05) is 0 Å². The molecule has 278 valence electrons. The molecule has 1 aromatic heterocycles. The number of aromatic nitrogens is 2. The van der Waals surface area contributed by atoms with Crippen LogP contribution in [0.2, 0.25) is 0 Å². The van der Waals surface area contributed by atoms with Gasteiger partial charge in [-0.2, -0.15) is 0 Å². The van der Waals surface area contributed by atoms with E-state index in [0.717, 1.165) is 39.0 Å². The number of hydrogen-bond donors (Lipinski definition) is 0. The number of rotatable bonds is 6. The maximum atomic E-state index is 5.31. The molecular formula is C57H40N2. The van der Waals surface area contributed by atoms with E-state index in [1.165, 1.54) is 66.2 Å². The molecular weight excluding hydrogens is 713 g/mol. The molecule has 0 atom stereocenters. The Labute approximate surface area is 345 Å². The predicted molar refractivity (Wildman–Crippen MR) is 247 cm³/mol. The van der Waals surface area contributed by atoms with Crippen molar-refractivity contribution in [3.05, 3.63) is 217 Å². The average molecular weight is 753 g/mol. The number of fused-ring (bicyclic) bond motifs is 6. The Morgan fingerprint density at radius 1 is 0.305 bits per heavy atom. The van der Waals surface area contributed by atoms with Crippen LogP contribution in [0.5, 0.6) is 0 Å². The van der Waals surface area contributed by atoms with Crippen molar-refractivity contribution >= 4 is 21.5 Å². The van der Waals surface area contributed by atoms with E-state index >= 15 is 0 Å². The van der Waals surface area contributed by atoms with Gasteiger partial charge in [-0.1, -0.05) is 196 Å². The fourth-order valence-corrected chi connectivity index (χ4v) is 9.55. The van der Waals surface area contributed by atoms with E-state index in [0.29, 0.717) is 5.82 Å². The highest BCUT2D eigenvalue weighted by molar-refractivity contribution is 6.05. The third-order valence-corrected chi connectivity index (χ3v) is 12.2. The smallest absolute Gasteiger partial charge is 0.161 e. The molecule has 0 saturated heterocycles. The minimum absolute atomic E-state index is 0.164. The van der Waals surface area contributed by atoms with Gasteiger partial charge in [-0.15, -0.1) is 0 Å². The molecule has 2 heteroatoms. The van der Waals surface area contributed by atoms with Crippen molar-refractivity contribution in [1.82, 2.24) is 9.97 Å². The Hall–Kier alpha value is -7.42. The molecule has 0 fully saturated rings. The summed E-state index contributed by atoms with van der Waals surface area (Å²) >= 11 is 0. The molecule has 0 radical (unpaired) electrons. The van der Waals surface area contributed by atoms with Crippen LogP contribution >= 0.6 is 0 Å². The molecule has 9 aromatic carbocycles. The van der Waals surface area contributed by atoms with E-state index in [4.69, 9.17) is 9.97 Å².